The zero-order valence-electron chi connectivity index (χ0n) is 14.7. The maximum absolute atomic E-state index is 12.4. The summed E-state index contributed by atoms with van der Waals surface area (Å²) in [5.41, 5.74) is 1.17. The number of rotatable bonds is 7. The number of pyridine rings is 1. The fraction of sp³-hybridized carbons (Fsp3) is 0.235. The molecule has 28 heavy (non-hydrogen) atoms. The van der Waals surface area contributed by atoms with Gasteiger partial charge in [0.1, 0.15) is 11.6 Å². The summed E-state index contributed by atoms with van der Waals surface area (Å²) in [7, 11) is 1.44. The van der Waals surface area contributed by atoms with Crippen molar-refractivity contribution in [1.29, 1.82) is 0 Å². The molecule has 0 aliphatic rings. The van der Waals surface area contributed by atoms with Gasteiger partial charge in [0.25, 0.3) is 0 Å². The molecule has 9 nitrogen and oxygen atoms in total. The molecule has 4 N–H and O–H groups in total. The Morgan fingerprint density at radius 2 is 2.14 bits per heavy atom. The lowest BCUT2D eigenvalue weighted by atomic mass is 10.2. The van der Waals surface area contributed by atoms with E-state index in [1.807, 2.05) is 0 Å². The van der Waals surface area contributed by atoms with Crippen LogP contribution in [0.25, 0.3) is 10.9 Å². The van der Waals surface area contributed by atoms with Gasteiger partial charge in [-0.3, -0.25) is 10.4 Å². The van der Waals surface area contributed by atoms with Crippen LogP contribution in [0.1, 0.15) is 11.3 Å². The molecule has 11 heteroatoms. The van der Waals surface area contributed by atoms with Gasteiger partial charge in [-0.05, 0) is 6.07 Å². The Morgan fingerprint density at radius 3 is 2.86 bits per heavy atom. The first-order chi connectivity index (χ1) is 13.5. The van der Waals surface area contributed by atoms with Crippen LogP contribution >= 0.6 is 0 Å². The summed E-state index contributed by atoms with van der Waals surface area (Å²) in [5.74, 6) is 0.417. The summed E-state index contributed by atoms with van der Waals surface area (Å²) < 4.78 is 34.4. The minimum absolute atomic E-state index is 0.0236. The maximum Gasteiger partial charge on any atom is 0.387 e. The maximum atomic E-state index is 12.4. The summed E-state index contributed by atoms with van der Waals surface area (Å²) in [4.78, 5) is 16.3. The number of aromatic amines is 1. The number of urea groups is 1. The Kier molecular flexibility index (Phi) is 5.84. The van der Waals surface area contributed by atoms with Crippen LogP contribution in [-0.2, 0) is 13.2 Å². The third-order valence-electron chi connectivity index (χ3n) is 3.80. The zero-order chi connectivity index (χ0) is 20.1. The number of halogens is 2. The van der Waals surface area contributed by atoms with Crippen LogP contribution in [0.15, 0.2) is 30.3 Å². The van der Waals surface area contributed by atoms with Crippen molar-refractivity contribution >= 4 is 22.8 Å². The highest BCUT2D eigenvalue weighted by molar-refractivity contribution is 5.93. The van der Waals surface area contributed by atoms with Crippen LogP contribution in [-0.4, -0.2) is 40.0 Å². The van der Waals surface area contributed by atoms with Gasteiger partial charge in [0.15, 0.2) is 0 Å². The lowest BCUT2D eigenvalue weighted by molar-refractivity contribution is -0.0504. The van der Waals surface area contributed by atoms with Crippen molar-refractivity contribution in [2.24, 2.45) is 0 Å². The number of alkyl halides is 2. The quantitative estimate of drug-likeness (QED) is 0.489. The van der Waals surface area contributed by atoms with Crippen LogP contribution < -0.4 is 20.1 Å². The number of carbonyl (C=O) groups is 1. The lowest BCUT2D eigenvalue weighted by Crippen LogP contribution is -2.29. The van der Waals surface area contributed by atoms with Crippen LogP contribution in [0.4, 0.5) is 19.4 Å². The van der Waals surface area contributed by atoms with E-state index >= 15 is 0 Å². The second-order valence-corrected chi connectivity index (χ2v) is 5.56. The number of aromatic nitrogens is 3. The van der Waals surface area contributed by atoms with Gasteiger partial charge in [-0.2, -0.15) is 8.78 Å². The second kappa shape index (κ2) is 8.48. The molecule has 0 saturated carbocycles. The Bertz CT molecular complexity index is 979. The molecule has 0 unspecified atom stereocenters. The van der Waals surface area contributed by atoms with Crippen molar-refractivity contribution in [2.75, 3.05) is 12.4 Å². The molecule has 2 heterocycles. The number of amides is 2. The molecule has 0 radical (unpaired) electrons. The molecule has 0 atom stereocenters. The number of benzene rings is 1. The lowest BCUT2D eigenvalue weighted by Gasteiger charge is -2.12. The monoisotopic (exact) mass is 393 g/mol. The van der Waals surface area contributed by atoms with E-state index in [9.17, 15) is 18.7 Å². The summed E-state index contributed by atoms with van der Waals surface area (Å²) in [5, 5.41) is 21.8. The summed E-state index contributed by atoms with van der Waals surface area (Å²) in [6.07, 6.45) is 0. The number of para-hydroxylation sites is 1. The first-order valence-electron chi connectivity index (χ1n) is 8.12. The SMILES string of the molecule is COc1n[nH]c2cc(NC(=O)NCc3ccccc3OC(F)F)nc(CO)c12. The Hall–Kier alpha value is -3.47. The number of anilines is 1. The van der Waals surface area contributed by atoms with E-state index in [2.05, 4.69) is 30.6 Å². The average molecular weight is 393 g/mol. The van der Waals surface area contributed by atoms with Gasteiger partial charge in [0.2, 0.25) is 5.88 Å². The van der Waals surface area contributed by atoms with Gasteiger partial charge in [0, 0.05) is 18.2 Å². The van der Waals surface area contributed by atoms with Crippen molar-refractivity contribution in [2.45, 2.75) is 19.8 Å². The third kappa shape index (κ3) is 4.26. The second-order valence-electron chi connectivity index (χ2n) is 5.56. The highest BCUT2D eigenvalue weighted by Crippen LogP contribution is 2.27. The van der Waals surface area contributed by atoms with E-state index in [0.29, 0.717) is 16.5 Å². The minimum Gasteiger partial charge on any atom is -0.479 e. The molecule has 2 amide bonds. The number of H-pyrrole nitrogens is 1. The number of hydrogen-bond acceptors (Lipinski definition) is 6. The molecular formula is C17H17F2N5O4. The number of ether oxygens (including phenoxy) is 2. The Balaban J connectivity index is 1.70. The molecular weight excluding hydrogens is 376 g/mol. The number of nitrogens with zero attached hydrogens (tertiary/aromatic N) is 2. The highest BCUT2D eigenvalue weighted by atomic mass is 19.3. The summed E-state index contributed by atoms with van der Waals surface area (Å²) in [6.45, 7) is -3.39. The Labute approximate surface area is 157 Å². The van der Waals surface area contributed by atoms with Crippen molar-refractivity contribution in [1.82, 2.24) is 20.5 Å². The van der Waals surface area contributed by atoms with E-state index in [0.717, 1.165) is 0 Å². The van der Waals surface area contributed by atoms with Gasteiger partial charge >= 0.3 is 12.6 Å². The van der Waals surface area contributed by atoms with E-state index in [1.165, 1.54) is 19.2 Å². The van der Waals surface area contributed by atoms with Crippen LogP contribution in [0.5, 0.6) is 11.6 Å². The predicted octanol–water partition coefficient (Wildman–Crippen LogP) is 2.38. The van der Waals surface area contributed by atoms with Crippen LogP contribution in [0.2, 0.25) is 0 Å². The molecule has 148 valence electrons. The van der Waals surface area contributed by atoms with Gasteiger partial charge in [0.05, 0.1) is 30.3 Å². The fourth-order valence-electron chi connectivity index (χ4n) is 2.61. The smallest absolute Gasteiger partial charge is 0.387 e. The molecule has 0 fully saturated rings. The Morgan fingerprint density at radius 1 is 1.36 bits per heavy atom. The van der Waals surface area contributed by atoms with Crippen molar-refractivity contribution in [3.63, 3.8) is 0 Å². The number of hydrogen-bond donors (Lipinski definition) is 4. The molecule has 0 bridgehead atoms. The highest BCUT2D eigenvalue weighted by Gasteiger charge is 2.15. The summed E-state index contributed by atoms with van der Waals surface area (Å²) in [6, 6.07) is 7.04. The molecule has 0 aliphatic carbocycles. The normalized spacial score (nSPS) is 10.9. The molecule has 0 aliphatic heterocycles. The van der Waals surface area contributed by atoms with Gasteiger partial charge in [-0.1, -0.05) is 18.2 Å². The number of carbonyl (C=O) groups excluding carboxylic acids is 1. The number of aliphatic hydroxyl groups excluding tert-OH is 1. The minimum atomic E-state index is -2.96. The third-order valence-corrected chi connectivity index (χ3v) is 3.80. The van der Waals surface area contributed by atoms with Crippen molar-refractivity contribution in [3.05, 3.63) is 41.6 Å². The molecule has 2 aromatic heterocycles. The van der Waals surface area contributed by atoms with E-state index < -0.39 is 12.6 Å². The first kappa shape index (κ1) is 19.3. The average Bonchev–Trinajstić information content (AvgIpc) is 3.09. The van der Waals surface area contributed by atoms with Crippen LogP contribution in [0, 0.1) is 0 Å². The van der Waals surface area contributed by atoms with Gasteiger partial charge in [-0.15, -0.1) is 5.10 Å². The van der Waals surface area contributed by atoms with Crippen LogP contribution in [0.3, 0.4) is 0 Å². The molecule has 3 aromatic rings. The molecule has 0 spiro atoms. The molecule has 0 saturated heterocycles. The number of methoxy groups -OCH3 is 1. The van der Waals surface area contributed by atoms with Crippen molar-refractivity contribution in [3.8, 4) is 11.6 Å². The zero-order valence-corrected chi connectivity index (χ0v) is 14.7. The fourth-order valence-corrected chi connectivity index (χ4v) is 2.61. The topological polar surface area (TPSA) is 121 Å². The number of nitrogens with one attached hydrogen (secondary N) is 3. The summed E-state index contributed by atoms with van der Waals surface area (Å²) >= 11 is 0. The van der Waals surface area contributed by atoms with Gasteiger partial charge < -0.3 is 19.9 Å². The van der Waals surface area contributed by atoms with Gasteiger partial charge in [-0.25, -0.2) is 9.78 Å². The predicted molar refractivity (Wildman–Crippen MR) is 95.3 cm³/mol. The number of fused-ring (bicyclic) bond motifs is 1. The number of aliphatic hydroxyl groups is 1. The van der Waals surface area contributed by atoms with E-state index in [4.69, 9.17) is 4.74 Å². The standard InChI is InChI=1S/C17H17F2N5O4/c1-27-15-14-10(23-24-15)6-13(21-11(14)8-25)22-17(26)20-7-9-4-2-3-5-12(9)28-16(18)19/h2-6,16,25H,7-8H2,1H3,(H,23,24)(H2,20,21,22,26). The molecule has 3 rings (SSSR count). The largest absolute Gasteiger partial charge is 0.479 e. The van der Waals surface area contributed by atoms with E-state index in [1.54, 1.807) is 18.2 Å². The molecule has 1 aromatic carbocycles. The van der Waals surface area contributed by atoms with Crippen molar-refractivity contribution < 1.29 is 28.2 Å². The van der Waals surface area contributed by atoms with E-state index in [-0.39, 0.29) is 36.3 Å². The first-order valence-corrected chi connectivity index (χ1v) is 8.12.